The van der Waals surface area contributed by atoms with E-state index in [1.807, 2.05) is 88.4 Å². The van der Waals surface area contributed by atoms with Gasteiger partial charge in [0.15, 0.2) is 12.6 Å². The SMILES string of the molecule is CC(C)CN(CC(O)C(Cc1ccccc1)NC(=O)OC1COC2OCCC12)S(=O)(=O)c1ccc2c(c1)C(=CNCCO)C(=O)N2.CC(NCCO)=C1C(=O)Nc2ccc(S(=O)(=O)N(CC(C)C)CC(O)C(Cc3ccccc3)NC(=O)OC3COC4OCCC34)cc21. The lowest BCUT2D eigenvalue weighted by Gasteiger charge is -2.31. The van der Waals surface area contributed by atoms with Crippen molar-refractivity contribution in [3.8, 4) is 0 Å². The number of sulfonamides is 2. The molecule has 10 unspecified atom stereocenters. The minimum atomic E-state index is -4.18. The Morgan fingerprint density at radius 3 is 1.54 bits per heavy atom. The minimum absolute atomic E-state index is 0.0467. The highest BCUT2D eigenvalue weighted by molar-refractivity contribution is 7.89. The maximum atomic E-state index is 14.2. The fraction of sp³-hybridized carbons (Fsp3) is 0.508. The number of benzene rings is 4. The Hall–Kier alpha value is -7.06. The first kappa shape index (κ1) is 70.3. The molecule has 0 saturated carbocycles. The van der Waals surface area contributed by atoms with Gasteiger partial charge >= 0.3 is 12.2 Å². The molecule has 0 spiro atoms. The number of aliphatic hydroxyl groups excluding tert-OH is 4. The Kier molecular flexibility index (Phi) is 24.1. The number of anilines is 2. The largest absolute Gasteiger partial charge is 0.443 e. The number of carbonyl (C=O) groups is 4. The summed E-state index contributed by atoms with van der Waals surface area (Å²) in [6.45, 7) is 10.4. The fourth-order valence-electron chi connectivity index (χ4n) is 12.1. The summed E-state index contributed by atoms with van der Waals surface area (Å²) >= 11 is 0. The van der Waals surface area contributed by atoms with Crippen molar-refractivity contribution in [2.45, 2.75) is 119 Å². The first-order valence-corrected chi connectivity index (χ1v) is 34.3. The molecule has 4 aromatic rings. The van der Waals surface area contributed by atoms with Crippen molar-refractivity contribution < 1.29 is 84.9 Å². The summed E-state index contributed by atoms with van der Waals surface area (Å²) in [6.07, 6.45) is -2.52. The molecular formula is C65H86N8O18S2. The number of aliphatic hydroxyl groups is 4. The van der Waals surface area contributed by atoms with Gasteiger partial charge in [-0.25, -0.2) is 26.4 Å². The second-order valence-corrected chi connectivity index (χ2v) is 28.5. The van der Waals surface area contributed by atoms with E-state index >= 15 is 0 Å². The Bertz CT molecular complexity index is 3550. The zero-order valence-electron chi connectivity index (χ0n) is 52.8. The number of alkyl carbamates (subject to hydrolysis) is 2. The number of amides is 4. The summed E-state index contributed by atoms with van der Waals surface area (Å²) in [5.41, 5.74) is 4.46. The van der Waals surface area contributed by atoms with E-state index < -0.39 is 87.2 Å². The molecule has 506 valence electrons. The number of nitrogens with zero attached hydrogens (tertiary/aromatic N) is 2. The summed E-state index contributed by atoms with van der Waals surface area (Å²) in [5, 5.41) is 58.3. The quantitative estimate of drug-likeness (QED) is 0.0286. The molecule has 28 heteroatoms. The molecule has 26 nitrogen and oxygen atoms in total. The van der Waals surface area contributed by atoms with E-state index in [4.69, 9.17) is 33.5 Å². The minimum Gasteiger partial charge on any atom is -0.443 e. The Morgan fingerprint density at radius 2 is 1.08 bits per heavy atom. The number of hydrogen-bond acceptors (Lipinski definition) is 20. The van der Waals surface area contributed by atoms with Crippen LogP contribution in [-0.4, -0.2) is 198 Å². The number of allylic oxidation sites excluding steroid dienone is 1. The van der Waals surface area contributed by atoms with Gasteiger partial charge in [0.1, 0.15) is 12.2 Å². The van der Waals surface area contributed by atoms with Crippen LogP contribution >= 0.6 is 0 Å². The second kappa shape index (κ2) is 31.9. The van der Waals surface area contributed by atoms with Crippen molar-refractivity contribution in [1.82, 2.24) is 29.9 Å². The van der Waals surface area contributed by atoms with Crippen LogP contribution in [0.4, 0.5) is 21.0 Å². The van der Waals surface area contributed by atoms with E-state index in [0.29, 0.717) is 54.3 Å². The van der Waals surface area contributed by atoms with Gasteiger partial charge in [0.05, 0.1) is 96.7 Å². The first-order valence-electron chi connectivity index (χ1n) is 31.4. The summed E-state index contributed by atoms with van der Waals surface area (Å²) in [6, 6.07) is 25.6. The molecule has 4 aromatic carbocycles. The van der Waals surface area contributed by atoms with Crippen LogP contribution in [0.15, 0.2) is 119 Å². The lowest BCUT2D eigenvalue weighted by molar-refractivity contribution is -0.111. The lowest BCUT2D eigenvalue weighted by atomic mass is 10.0. The maximum absolute atomic E-state index is 14.2. The molecule has 0 aliphatic carbocycles. The number of nitrogens with one attached hydrogen (secondary N) is 6. The molecule has 0 radical (unpaired) electrons. The van der Waals surface area contributed by atoms with Gasteiger partial charge in [-0.3, -0.25) is 9.59 Å². The third-order valence-electron chi connectivity index (χ3n) is 16.7. The third-order valence-corrected chi connectivity index (χ3v) is 20.4. The number of hydrogen-bond donors (Lipinski definition) is 10. The second-order valence-electron chi connectivity index (χ2n) is 24.6. The van der Waals surface area contributed by atoms with Crippen LogP contribution in [0.5, 0.6) is 0 Å². The number of ether oxygens (including phenoxy) is 6. The molecule has 6 heterocycles. The molecule has 10 N–H and O–H groups in total. The summed E-state index contributed by atoms with van der Waals surface area (Å²) < 4.78 is 92.6. The van der Waals surface area contributed by atoms with E-state index in [0.717, 1.165) is 11.1 Å². The van der Waals surface area contributed by atoms with Crippen molar-refractivity contribution in [3.05, 3.63) is 131 Å². The maximum Gasteiger partial charge on any atom is 0.407 e. The van der Waals surface area contributed by atoms with Crippen molar-refractivity contribution in [1.29, 1.82) is 0 Å². The fourth-order valence-corrected chi connectivity index (χ4v) is 15.4. The lowest BCUT2D eigenvalue weighted by Crippen LogP contribution is -2.51. The average molecular weight is 1330 g/mol. The Morgan fingerprint density at radius 1 is 0.624 bits per heavy atom. The van der Waals surface area contributed by atoms with Crippen molar-refractivity contribution in [2.24, 2.45) is 23.7 Å². The molecular weight excluding hydrogens is 1240 g/mol. The Balaban J connectivity index is 0.000000219. The summed E-state index contributed by atoms with van der Waals surface area (Å²) in [5.74, 6) is -1.09. The number of fused-ring (bicyclic) bond motifs is 4. The van der Waals surface area contributed by atoms with Crippen LogP contribution in [0.3, 0.4) is 0 Å². The van der Waals surface area contributed by atoms with E-state index in [9.17, 15) is 51.3 Å². The number of carbonyl (C=O) groups excluding carboxylic acids is 4. The van der Waals surface area contributed by atoms with Gasteiger partial charge in [-0.15, -0.1) is 0 Å². The zero-order chi connectivity index (χ0) is 66.6. The summed E-state index contributed by atoms with van der Waals surface area (Å²) in [7, 11) is -8.35. The van der Waals surface area contributed by atoms with Gasteiger partial charge in [-0.1, -0.05) is 88.4 Å². The molecule has 4 fully saturated rings. The van der Waals surface area contributed by atoms with Crippen LogP contribution in [0.1, 0.15) is 69.7 Å². The molecule has 10 atom stereocenters. The molecule has 6 aliphatic rings. The van der Waals surface area contributed by atoms with Crippen LogP contribution < -0.4 is 31.9 Å². The predicted molar refractivity (Wildman–Crippen MR) is 342 cm³/mol. The molecule has 0 aromatic heterocycles. The van der Waals surface area contributed by atoms with Crippen LogP contribution in [0.2, 0.25) is 0 Å². The van der Waals surface area contributed by atoms with Crippen LogP contribution in [0, 0.1) is 23.7 Å². The first-order chi connectivity index (χ1) is 44.5. The van der Waals surface area contributed by atoms with E-state index in [-0.39, 0.29) is 129 Å². The van der Waals surface area contributed by atoms with E-state index in [1.54, 1.807) is 13.0 Å². The van der Waals surface area contributed by atoms with Gasteiger partial charge in [-0.05, 0) is 92.0 Å². The van der Waals surface area contributed by atoms with Crippen molar-refractivity contribution in [2.75, 3.05) is 89.5 Å². The standard InChI is InChI=1S/C33H44N4O9S.C32H42N4O9S/c1-20(2)17-37(47(42,43)23-9-10-26-25(16-23)30(31(40)35-26)21(3)34-12-13-38)18-28(39)27(15-22-7-5-4-6-8-22)36-33(41)46-29-19-45-32-24(29)11-14-44-32;1-20(2)17-36(46(41,42)22-8-9-26-24(15-22)25(30(39)34-26)16-33-11-12-37)18-28(38)27(14-21-6-4-3-5-7-21)35-32(40)45-29-19-44-31-23(29)10-13-43-31/h4-10,16,20,24,27-29,32,34,38-39H,11-15,17-19H2,1-3H3,(H,35,40)(H,36,41);3-9,15-16,20,23,27-29,31,33,37-38H,10-14,17-19H2,1-2H3,(H,34,39)(H,35,40). The van der Waals surface area contributed by atoms with E-state index in [2.05, 4.69) is 31.9 Å². The van der Waals surface area contributed by atoms with E-state index in [1.165, 1.54) is 45.1 Å². The summed E-state index contributed by atoms with van der Waals surface area (Å²) in [4.78, 5) is 51.5. The molecule has 93 heavy (non-hydrogen) atoms. The zero-order valence-corrected chi connectivity index (χ0v) is 54.4. The van der Waals surface area contributed by atoms with Gasteiger partial charge in [-0.2, -0.15) is 8.61 Å². The highest BCUT2D eigenvalue weighted by Crippen LogP contribution is 2.38. The predicted octanol–water partition coefficient (Wildman–Crippen LogP) is 3.73. The van der Waals surface area contributed by atoms with Gasteiger partial charge in [0.2, 0.25) is 20.0 Å². The van der Waals surface area contributed by atoms with Crippen LogP contribution in [0.25, 0.3) is 11.1 Å². The van der Waals surface area contributed by atoms with Crippen molar-refractivity contribution in [3.63, 3.8) is 0 Å². The van der Waals surface area contributed by atoms with Crippen LogP contribution in [-0.2, 0) is 70.9 Å². The molecule has 4 saturated heterocycles. The van der Waals surface area contributed by atoms with Crippen molar-refractivity contribution >= 4 is 66.6 Å². The molecule has 0 bridgehead atoms. The number of rotatable bonds is 28. The van der Waals surface area contributed by atoms with Gasteiger partial charge < -0.3 is 80.7 Å². The highest BCUT2D eigenvalue weighted by atomic mass is 32.2. The Labute approximate surface area is 542 Å². The topological polar surface area (TPSA) is 352 Å². The average Bonchev–Trinajstić information content (AvgIpc) is 1.78. The molecule has 4 amide bonds. The highest BCUT2D eigenvalue weighted by Gasteiger charge is 2.46. The van der Waals surface area contributed by atoms with Gasteiger partial charge in [0, 0.05) is 73.7 Å². The smallest absolute Gasteiger partial charge is 0.407 e. The molecule has 10 rings (SSSR count). The monoisotopic (exact) mass is 1330 g/mol. The normalized spacial score (nSPS) is 22.9. The molecule has 6 aliphatic heterocycles. The third kappa shape index (κ3) is 17.7. The van der Waals surface area contributed by atoms with Gasteiger partial charge in [0.25, 0.3) is 11.8 Å².